The van der Waals surface area contributed by atoms with Crippen LogP contribution in [0.2, 0.25) is 0 Å². The molecular weight excluding hydrogens is 534 g/mol. The van der Waals surface area contributed by atoms with Crippen LogP contribution in [0.25, 0.3) is 0 Å². The molecule has 2 rings (SSSR count). The third kappa shape index (κ3) is 7.00. The Bertz CT molecular complexity index is 1180. The Balaban J connectivity index is 2.34. The molecule has 0 radical (unpaired) electrons. The van der Waals surface area contributed by atoms with Gasteiger partial charge in [-0.25, -0.2) is 22.9 Å². The zero-order chi connectivity index (χ0) is 26.1. The van der Waals surface area contributed by atoms with E-state index in [-0.39, 0.29) is 5.82 Å². The number of anilines is 1. The topological polar surface area (TPSA) is 270 Å². The van der Waals surface area contributed by atoms with Gasteiger partial charge in [-0.05, 0) is 13.0 Å². The van der Waals surface area contributed by atoms with Gasteiger partial charge in [-0.15, -0.1) is 0 Å². The van der Waals surface area contributed by atoms with Gasteiger partial charge in [0.15, 0.2) is 11.8 Å². The predicted octanol–water partition coefficient (Wildman–Crippen LogP) is -1.48. The summed E-state index contributed by atoms with van der Waals surface area (Å²) in [6.07, 6.45) is -6.65. The number of aromatic nitrogens is 2. The van der Waals surface area contributed by atoms with E-state index in [0.29, 0.717) is 4.57 Å². The van der Waals surface area contributed by atoms with E-state index >= 15 is 0 Å². The third-order valence-corrected chi connectivity index (χ3v) is 7.99. The molecule has 1 aliphatic heterocycles. The van der Waals surface area contributed by atoms with Gasteiger partial charge in [0.05, 0.1) is 6.10 Å². The number of rotatable bonds is 8. The molecule has 2 heterocycles. The minimum Gasteiger partial charge on any atom is -0.386 e. The Kier molecular flexibility index (Phi) is 8.62. The number of halogens is 1. The Morgan fingerprint density at radius 3 is 2.44 bits per heavy atom. The molecule has 3 unspecified atom stereocenters. The summed E-state index contributed by atoms with van der Waals surface area (Å²) in [6.45, 7) is -0.333. The molecule has 0 saturated carbocycles. The van der Waals surface area contributed by atoms with Crippen LogP contribution in [0, 0.1) is 11.8 Å². The molecule has 1 aromatic heterocycles. The molecule has 0 bridgehead atoms. The van der Waals surface area contributed by atoms with E-state index in [0.717, 1.165) is 19.2 Å². The minimum atomic E-state index is -5.83. The number of hydrogen-bond donors (Lipinski definition) is 7. The summed E-state index contributed by atoms with van der Waals surface area (Å²) >= 11 is 0. The minimum absolute atomic E-state index is 0.212. The maximum absolute atomic E-state index is 12.6. The Morgan fingerprint density at radius 1 is 1.29 bits per heavy atom. The number of nitrogens with zero attached hydrogens (tertiary/aromatic N) is 2. The van der Waals surface area contributed by atoms with Gasteiger partial charge in [0.1, 0.15) is 24.7 Å². The summed E-state index contributed by atoms with van der Waals surface area (Å²) in [5, 5.41) is 21.5. The predicted molar refractivity (Wildman–Crippen MR) is 106 cm³/mol. The molecule has 7 atom stereocenters. The molecule has 192 valence electrons. The third-order valence-electron chi connectivity index (χ3n) is 4.06. The van der Waals surface area contributed by atoms with E-state index in [9.17, 15) is 42.9 Å². The largest absolute Gasteiger partial charge is 0.490 e. The number of alkyl halides is 1. The number of hydrogen-bond acceptors (Lipinski definition) is 12. The summed E-state index contributed by atoms with van der Waals surface area (Å²) < 4.78 is 64.6. The first kappa shape index (κ1) is 28.7. The second-order valence-corrected chi connectivity index (χ2v) is 11.0. The number of phosphoric ester groups is 1. The number of nitrogen functional groups attached to an aromatic ring is 1. The van der Waals surface area contributed by atoms with Gasteiger partial charge in [0, 0.05) is 6.20 Å². The fourth-order valence-electron chi connectivity index (χ4n) is 2.85. The molecule has 1 aliphatic rings. The van der Waals surface area contributed by atoms with Crippen LogP contribution in [0.15, 0.2) is 17.1 Å². The zero-order valence-electron chi connectivity index (χ0n) is 16.8. The van der Waals surface area contributed by atoms with Crippen LogP contribution in [0.3, 0.4) is 0 Å². The lowest BCUT2D eigenvalue weighted by molar-refractivity contribution is -0.0868. The van der Waals surface area contributed by atoms with Crippen LogP contribution in [0.5, 0.6) is 0 Å². The number of nitrogens with two attached hydrogens (primary N) is 1. The lowest BCUT2D eigenvalue weighted by Crippen LogP contribution is -2.49. The first-order valence-electron chi connectivity index (χ1n) is 8.69. The second kappa shape index (κ2) is 10.2. The highest BCUT2D eigenvalue weighted by molar-refractivity contribution is 7.66. The van der Waals surface area contributed by atoms with E-state index in [1.54, 1.807) is 0 Å². The molecule has 1 saturated heterocycles. The average Bonchev–Trinajstić information content (AvgIpc) is 2.88. The van der Waals surface area contributed by atoms with E-state index in [4.69, 9.17) is 20.3 Å². The van der Waals surface area contributed by atoms with Crippen molar-refractivity contribution in [1.29, 1.82) is 0 Å². The van der Waals surface area contributed by atoms with Gasteiger partial charge in [0.25, 0.3) is 0 Å². The van der Waals surface area contributed by atoms with Crippen LogP contribution in [-0.4, -0.2) is 69.9 Å². The first-order chi connectivity index (χ1) is 15.4. The van der Waals surface area contributed by atoms with Crippen LogP contribution < -0.4 is 11.4 Å². The van der Waals surface area contributed by atoms with E-state index in [2.05, 4.69) is 18.1 Å². The zero-order valence-corrected chi connectivity index (χ0v) is 19.5. The summed E-state index contributed by atoms with van der Waals surface area (Å²) in [5.41, 5.74) is 1.60. The summed E-state index contributed by atoms with van der Waals surface area (Å²) in [4.78, 5) is 51.6. The second-order valence-electron chi connectivity index (χ2n) is 6.60. The highest BCUT2D eigenvalue weighted by atomic mass is 31.3. The smallest absolute Gasteiger partial charge is 0.386 e. The fourth-order valence-corrected chi connectivity index (χ4v) is 6.05. The Labute approximate surface area is 189 Å². The molecule has 17 nitrogen and oxygen atoms in total. The van der Waals surface area contributed by atoms with Gasteiger partial charge in [0.2, 0.25) is 0 Å². The van der Waals surface area contributed by atoms with E-state index in [1.165, 1.54) is 0 Å². The van der Waals surface area contributed by atoms with E-state index < -0.39 is 66.0 Å². The van der Waals surface area contributed by atoms with E-state index in [1.807, 2.05) is 11.8 Å². The Morgan fingerprint density at radius 2 is 1.91 bits per heavy atom. The molecule has 0 aliphatic carbocycles. The highest BCUT2D eigenvalue weighted by Crippen LogP contribution is 2.66. The first-order valence-corrected chi connectivity index (χ1v) is 13.2. The molecular formula is C13H19FN3O14P3. The summed E-state index contributed by atoms with van der Waals surface area (Å²) in [6, 6.07) is 1.11. The van der Waals surface area contributed by atoms with Crippen molar-refractivity contribution in [2.75, 3.05) is 12.4 Å². The average molecular weight is 553 g/mol. The van der Waals surface area contributed by atoms with Gasteiger partial charge in [-0.2, -0.15) is 13.6 Å². The van der Waals surface area contributed by atoms with Crippen LogP contribution in [0.4, 0.5) is 10.2 Å². The summed E-state index contributed by atoms with van der Waals surface area (Å²) in [7, 11) is -17.1. The van der Waals surface area contributed by atoms with Crippen molar-refractivity contribution in [3.63, 3.8) is 0 Å². The molecule has 0 spiro atoms. The Hall–Kier alpha value is -1.54. The molecule has 21 heteroatoms. The maximum Gasteiger partial charge on any atom is 0.490 e. The maximum atomic E-state index is 12.6. The quantitative estimate of drug-likeness (QED) is 0.143. The van der Waals surface area contributed by atoms with Crippen molar-refractivity contribution in [3.8, 4) is 11.8 Å². The van der Waals surface area contributed by atoms with Crippen molar-refractivity contribution in [1.82, 2.24) is 9.55 Å². The highest BCUT2D eigenvalue weighted by Gasteiger charge is 2.58. The van der Waals surface area contributed by atoms with Crippen LogP contribution in [-0.2, 0) is 31.6 Å². The SMILES string of the molecule is C[C@H](OP(=O)(O)OP(=O)(O)OP(=O)(O)O)[C@H]1O[C@@H](n2ccc(N)nc2=O)C(O)(C#CCF)[C@H]1O. The van der Waals surface area contributed by atoms with Crippen molar-refractivity contribution < 1.29 is 65.8 Å². The van der Waals surface area contributed by atoms with Crippen LogP contribution >= 0.6 is 23.5 Å². The molecule has 8 N–H and O–H groups in total. The van der Waals surface area contributed by atoms with Crippen molar-refractivity contribution in [2.45, 2.75) is 37.1 Å². The lowest BCUT2D eigenvalue weighted by atomic mass is 9.92. The van der Waals surface area contributed by atoms with Gasteiger partial charge in [-0.1, -0.05) is 11.8 Å². The number of ether oxygens (including phenoxy) is 1. The fraction of sp³-hybridized carbons (Fsp3) is 0.538. The monoisotopic (exact) mass is 553 g/mol. The molecule has 34 heavy (non-hydrogen) atoms. The summed E-state index contributed by atoms with van der Waals surface area (Å²) in [5.74, 6) is 3.63. The number of aliphatic hydroxyl groups is 2. The molecule has 0 aromatic carbocycles. The molecule has 1 aromatic rings. The normalized spacial score (nSPS) is 29.5. The van der Waals surface area contributed by atoms with Gasteiger partial charge >= 0.3 is 29.2 Å². The van der Waals surface area contributed by atoms with Crippen molar-refractivity contribution in [2.24, 2.45) is 0 Å². The van der Waals surface area contributed by atoms with Crippen molar-refractivity contribution in [3.05, 3.63) is 22.7 Å². The molecule has 1 fully saturated rings. The van der Waals surface area contributed by atoms with Crippen molar-refractivity contribution >= 4 is 29.3 Å². The standard InChI is InChI=1S/C13H19FN3O14P3/c1-7(29-33(24,25)31-34(26,27)30-32(21,22)23)9-10(18)13(20,4-2-5-14)11(28-9)17-6-3-8(15)16-12(17)19/h3,6-7,9-11,18,20H,5H2,1H3,(H,24,25)(H,26,27)(H2,15,16,19)(H2,21,22,23)/t7-,9+,10-,11+,13?/m0/s1. The molecule has 0 amide bonds. The number of aliphatic hydroxyl groups excluding tert-OH is 1. The van der Waals surface area contributed by atoms with Crippen LogP contribution in [0.1, 0.15) is 13.2 Å². The lowest BCUT2D eigenvalue weighted by Gasteiger charge is -2.27. The van der Waals surface area contributed by atoms with Gasteiger partial charge < -0.3 is 40.3 Å². The van der Waals surface area contributed by atoms with Gasteiger partial charge in [-0.3, -0.25) is 9.09 Å². The number of phosphoric acid groups is 3.